The average molecular weight is 504 g/mol. The zero-order valence-electron chi connectivity index (χ0n) is 20.3. The third-order valence-corrected chi connectivity index (χ3v) is 9.46. The molecule has 0 bridgehead atoms. The van der Waals surface area contributed by atoms with Gasteiger partial charge in [0.05, 0.1) is 0 Å². The van der Waals surface area contributed by atoms with E-state index in [0.29, 0.717) is 56.7 Å². The van der Waals surface area contributed by atoms with Crippen LogP contribution in [0.3, 0.4) is 0 Å². The minimum atomic E-state index is -3.64. The molecule has 2 aromatic rings. The first-order chi connectivity index (χ1) is 16.7. The predicted molar refractivity (Wildman–Crippen MR) is 134 cm³/mol. The van der Waals surface area contributed by atoms with Crippen LogP contribution in [0.1, 0.15) is 49.5 Å². The van der Waals surface area contributed by atoms with Crippen molar-refractivity contribution in [3.63, 3.8) is 0 Å². The first-order valence-electron chi connectivity index (χ1n) is 12.2. The number of carbonyl (C=O) groups is 1. The van der Waals surface area contributed by atoms with Crippen molar-refractivity contribution in [1.29, 1.82) is 0 Å². The summed E-state index contributed by atoms with van der Waals surface area (Å²) in [5.74, 6) is -0.730. The Bertz CT molecular complexity index is 1140. The van der Waals surface area contributed by atoms with E-state index < -0.39 is 27.2 Å². The van der Waals surface area contributed by atoms with E-state index in [2.05, 4.69) is 0 Å². The van der Waals surface area contributed by atoms with Gasteiger partial charge in [-0.25, -0.2) is 12.8 Å². The number of aliphatic hydroxyl groups excluding tert-OH is 1. The van der Waals surface area contributed by atoms with Crippen molar-refractivity contribution in [2.75, 3.05) is 31.1 Å². The van der Waals surface area contributed by atoms with Gasteiger partial charge in [-0.15, -0.1) is 0 Å². The second-order valence-corrected chi connectivity index (χ2v) is 11.6. The second-order valence-electron chi connectivity index (χ2n) is 9.53. The molecule has 0 aromatic heterocycles. The van der Waals surface area contributed by atoms with Crippen LogP contribution in [0.2, 0.25) is 0 Å². The quantitative estimate of drug-likeness (QED) is 0.677. The van der Waals surface area contributed by atoms with Gasteiger partial charge in [0.2, 0.25) is 10.0 Å². The first-order valence-corrected chi connectivity index (χ1v) is 13.7. The second kappa shape index (κ2) is 10.6. The first kappa shape index (κ1) is 25.6. The molecule has 2 fully saturated rings. The number of halogens is 1. The fourth-order valence-electron chi connectivity index (χ4n) is 5.04. The standard InChI is InChI=1S/C26H34FN3O4S/c1-19-9-12-25(21-7-4-3-5-8-21)35(33,34)30(19)18-22-10-11-23(17-24(22)27)28-13-6-14-29(16-15-28)26(32)20(2)31/h3-5,7-8,10-11,17,19-20,25,31H,6,9,12-16,18H2,1-2H3/t19-,20-,25?/m0/s1. The van der Waals surface area contributed by atoms with Crippen molar-refractivity contribution in [3.8, 4) is 0 Å². The average Bonchev–Trinajstić information content (AvgIpc) is 3.08. The van der Waals surface area contributed by atoms with Crippen molar-refractivity contribution in [2.24, 2.45) is 0 Å². The predicted octanol–water partition coefficient (Wildman–Crippen LogP) is 3.30. The lowest BCUT2D eigenvalue weighted by Gasteiger charge is -2.37. The highest BCUT2D eigenvalue weighted by molar-refractivity contribution is 7.89. The molecule has 1 unspecified atom stereocenters. The zero-order valence-corrected chi connectivity index (χ0v) is 21.1. The Morgan fingerprint density at radius 1 is 1.09 bits per heavy atom. The Labute approximate surface area is 207 Å². The smallest absolute Gasteiger partial charge is 0.251 e. The minimum Gasteiger partial charge on any atom is -0.384 e. The summed E-state index contributed by atoms with van der Waals surface area (Å²) in [7, 11) is -3.64. The number of sulfonamides is 1. The number of benzene rings is 2. The molecule has 9 heteroatoms. The molecule has 7 nitrogen and oxygen atoms in total. The molecule has 3 atom stereocenters. The fourth-order valence-corrected chi connectivity index (χ4v) is 7.23. The summed E-state index contributed by atoms with van der Waals surface area (Å²) in [6, 6.07) is 14.0. The molecule has 2 aromatic carbocycles. The number of rotatable bonds is 5. The van der Waals surface area contributed by atoms with Crippen molar-refractivity contribution in [3.05, 3.63) is 65.5 Å². The van der Waals surface area contributed by atoms with Gasteiger partial charge in [0.25, 0.3) is 5.91 Å². The van der Waals surface area contributed by atoms with Gasteiger partial charge >= 0.3 is 0 Å². The lowest BCUT2D eigenvalue weighted by atomic mass is 10.0. The zero-order chi connectivity index (χ0) is 25.2. The lowest BCUT2D eigenvalue weighted by molar-refractivity contribution is -0.139. The topological polar surface area (TPSA) is 81.2 Å². The van der Waals surface area contributed by atoms with Gasteiger partial charge in [-0.05, 0) is 50.8 Å². The van der Waals surface area contributed by atoms with Gasteiger partial charge in [0.1, 0.15) is 17.2 Å². The SMILES string of the molecule is C[C@H](O)C(=O)N1CCCN(c2ccc(CN3[C@@H](C)CCC(c4ccccc4)S3(=O)=O)c(F)c2)CC1. The summed E-state index contributed by atoms with van der Waals surface area (Å²) >= 11 is 0. The van der Waals surface area contributed by atoms with E-state index >= 15 is 4.39 Å². The number of amides is 1. The summed E-state index contributed by atoms with van der Waals surface area (Å²) < 4.78 is 43.6. The fraction of sp³-hybridized carbons (Fsp3) is 0.500. The molecular formula is C26H34FN3O4S. The van der Waals surface area contributed by atoms with E-state index in [1.54, 1.807) is 11.0 Å². The van der Waals surface area contributed by atoms with E-state index in [1.807, 2.05) is 48.2 Å². The van der Waals surface area contributed by atoms with Crippen molar-refractivity contribution < 1.29 is 22.7 Å². The molecule has 2 aliphatic rings. The van der Waals surface area contributed by atoms with Crippen LogP contribution in [0.4, 0.5) is 10.1 Å². The summed E-state index contributed by atoms with van der Waals surface area (Å²) in [5, 5.41) is 8.97. The van der Waals surface area contributed by atoms with Gasteiger partial charge < -0.3 is 14.9 Å². The molecule has 190 valence electrons. The molecule has 2 saturated heterocycles. The summed E-state index contributed by atoms with van der Waals surface area (Å²) in [6.07, 6.45) is 0.947. The molecular weight excluding hydrogens is 469 g/mol. The molecule has 0 saturated carbocycles. The maximum Gasteiger partial charge on any atom is 0.251 e. The van der Waals surface area contributed by atoms with Gasteiger partial charge in [-0.2, -0.15) is 4.31 Å². The Balaban J connectivity index is 1.49. The van der Waals surface area contributed by atoms with Crippen LogP contribution in [-0.2, 0) is 21.4 Å². The van der Waals surface area contributed by atoms with Crippen LogP contribution in [-0.4, -0.2) is 67.0 Å². The maximum absolute atomic E-state index is 15.2. The third-order valence-electron chi connectivity index (χ3n) is 7.09. The van der Waals surface area contributed by atoms with Crippen LogP contribution in [0.25, 0.3) is 0 Å². The molecule has 4 rings (SSSR count). The van der Waals surface area contributed by atoms with Gasteiger partial charge in [-0.1, -0.05) is 36.4 Å². The Morgan fingerprint density at radius 3 is 2.51 bits per heavy atom. The van der Waals surface area contributed by atoms with E-state index in [9.17, 15) is 18.3 Å². The summed E-state index contributed by atoms with van der Waals surface area (Å²) in [6.45, 7) is 5.54. The van der Waals surface area contributed by atoms with E-state index in [-0.39, 0.29) is 18.5 Å². The normalized spacial score (nSPS) is 24.1. The highest BCUT2D eigenvalue weighted by Crippen LogP contribution is 2.38. The van der Waals surface area contributed by atoms with Crippen LogP contribution in [0, 0.1) is 5.82 Å². The van der Waals surface area contributed by atoms with Crippen LogP contribution in [0.15, 0.2) is 48.5 Å². The van der Waals surface area contributed by atoms with Gasteiger partial charge in [0.15, 0.2) is 0 Å². The number of nitrogens with zero attached hydrogens (tertiary/aromatic N) is 3. The molecule has 35 heavy (non-hydrogen) atoms. The van der Waals surface area contributed by atoms with Crippen LogP contribution >= 0.6 is 0 Å². The third kappa shape index (κ3) is 5.52. The molecule has 0 spiro atoms. The van der Waals surface area contributed by atoms with Gasteiger partial charge in [-0.3, -0.25) is 4.79 Å². The number of aliphatic hydroxyl groups is 1. The monoisotopic (exact) mass is 503 g/mol. The Hall–Kier alpha value is -2.49. The van der Waals surface area contributed by atoms with Gasteiger partial charge in [0, 0.05) is 50.0 Å². The largest absolute Gasteiger partial charge is 0.384 e. The number of hydrogen-bond acceptors (Lipinski definition) is 5. The van der Waals surface area contributed by atoms with E-state index in [1.165, 1.54) is 17.3 Å². The van der Waals surface area contributed by atoms with E-state index in [4.69, 9.17) is 0 Å². The number of hydrogen-bond donors (Lipinski definition) is 1. The molecule has 0 aliphatic carbocycles. The molecule has 0 radical (unpaired) electrons. The lowest BCUT2D eigenvalue weighted by Crippen LogP contribution is -2.44. The summed E-state index contributed by atoms with van der Waals surface area (Å²) in [5.41, 5.74) is 1.82. The molecule has 2 aliphatic heterocycles. The Kier molecular flexibility index (Phi) is 7.78. The molecule has 2 heterocycles. The van der Waals surface area contributed by atoms with Crippen molar-refractivity contribution in [1.82, 2.24) is 9.21 Å². The minimum absolute atomic E-state index is 0.00435. The maximum atomic E-state index is 15.2. The highest BCUT2D eigenvalue weighted by atomic mass is 32.2. The van der Waals surface area contributed by atoms with Crippen molar-refractivity contribution in [2.45, 2.75) is 57.1 Å². The highest BCUT2D eigenvalue weighted by Gasteiger charge is 2.40. The molecule has 1 N–H and O–H groups in total. The summed E-state index contributed by atoms with van der Waals surface area (Å²) in [4.78, 5) is 15.8. The number of carbonyl (C=O) groups excluding carboxylic acids is 1. The number of anilines is 1. The molecule has 1 amide bonds. The van der Waals surface area contributed by atoms with E-state index in [0.717, 1.165) is 5.56 Å². The van der Waals surface area contributed by atoms with Crippen LogP contribution in [0.5, 0.6) is 0 Å². The Morgan fingerprint density at radius 2 is 1.83 bits per heavy atom. The van der Waals surface area contributed by atoms with Crippen molar-refractivity contribution >= 4 is 21.6 Å². The van der Waals surface area contributed by atoms with Crippen LogP contribution < -0.4 is 4.90 Å².